The molecule has 0 bridgehead atoms. The van der Waals surface area contributed by atoms with Gasteiger partial charge in [-0.05, 0) is 60.0 Å². The SMILES string of the molecule is COc1ccc(/C=C2\C(=O)NC(=O)N(c3ccc(C)cc3)C2=O)c(Cc2ccccc2F)c1. The van der Waals surface area contributed by atoms with Gasteiger partial charge < -0.3 is 4.74 Å². The van der Waals surface area contributed by atoms with Crippen LogP contribution >= 0.6 is 0 Å². The van der Waals surface area contributed by atoms with Gasteiger partial charge in [-0.1, -0.05) is 42.0 Å². The number of aryl methyl sites for hydroxylation is 1. The number of carbonyl (C=O) groups excluding carboxylic acids is 3. The van der Waals surface area contributed by atoms with E-state index in [9.17, 15) is 18.8 Å². The summed E-state index contributed by atoms with van der Waals surface area (Å²) >= 11 is 0. The molecule has 1 N–H and O–H groups in total. The zero-order valence-corrected chi connectivity index (χ0v) is 18.1. The van der Waals surface area contributed by atoms with Crippen molar-refractivity contribution in [1.82, 2.24) is 5.32 Å². The monoisotopic (exact) mass is 444 g/mol. The van der Waals surface area contributed by atoms with E-state index >= 15 is 0 Å². The van der Waals surface area contributed by atoms with Gasteiger partial charge >= 0.3 is 6.03 Å². The molecule has 0 spiro atoms. The Bertz CT molecular complexity index is 1280. The third-order valence-electron chi connectivity index (χ3n) is 5.38. The van der Waals surface area contributed by atoms with Gasteiger partial charge in [0.2, 0.25) is 0 Å². The van der Waals surface area contributed by atoms with E-state index in [0.29, 0.717) is 28.1 Å². The predicted molar refractivity (Wildman–Crippen MR) is 122 cm³/mol. The molecule has 6 nitrogen and oxygen atoms in total. The van der Waals surface area contributed by atoms with Crippen molar-refractivity contribution in [1.29, 1.82) is 0 Å². The van der Waals surface area contributed by atoms with Crippen LogP contribution in [-0.4, -0.2) is 25.0 Å². The fourth-order valence-corrected chi connectivity index (χ4v) is 3.59. The van der Waals surface area contributed by atoms with Crippen molar-refractivity contribution in [2.45, 2.75) is 13.3 Å². The zero-order chi connectivity index (χ0) is 23.5. The number of rotatable bonds is 5. The van der Waals surface area contributed by atoms with Gasteiger partial charge in [0.15, 0.2) is 0 Å². The fourth-order valence-electron chi connectivity index (χ4n) is 3.59. The van der Waals surface area contributed by atoms with Crippen molar-refractivity contribution in [3.05, 3.63) is 100 Å². The summed E-state index contributed by atoms with van der Waals surface area (Å²) < 4.78 is 19.6. The summed E-state index contributed by atoms with van der Waals surface area (Å²) in [6, 6.07) is 17.5. The molecular formula is C26H21FN2O4. The van der Waals surface area contributed by atoms with Gasteiger partial charge in [0, 0.05) is 6.42 Å². The van der Waals surface area contributed by atoms with Crippen LogP contribution in [0.25, 0.3) is 6.08 Å². The molecule has 4 rings (SSSR count). The molecule has 33 heavy (non-hydrogen) atoms. The van der Waals surface area contributed by atoms with E-state index in [1.807, 2.05) is 6.92 Å². The number of benzene rings is 3. The number of nitrogens with zero attached hydrogens (tertiary/aromatic N) is 1. The number of barbiturate groups is 1. The lowest BCUT2D eigenvalue weighted by Gasteiger charge is -2.26. The Balaban J connectivity index is 1.76. The minimum absolute atomic E-state index is 0.199. The van der Waals surface area contributed by atoms with E-state index < -0.39 is 17.8 Å². The maximum Gasteiger partial charge on any atom is 0.335 e. The highest BCUT2D eigenvalue weighted by Crippen LogP contribution is 2.26. The molecule has 7 heteroatoms. The minimum Gasteiger partial charge on any atom is -0.497 e. The van der Waals surface area contributed by atoms with Crippen molar-refractivity contribution >= 4 is 29.6 Å². The summed E-state index contributed by atoms with van der Waals surface area (Å²) in [5.74, 6) is -1.33. The molecule has 0 radical (unpaired) electrons. The molecule has 3 aromatic carbocycles. The van der Waals surface area contributed by atoms with Crippen molar-refractivity contribution in [2.24, 2.45) is 0 Å². The van der Waals surface area contributed by atoms with E-state index in [-0.39, 0.29) is 17.8 Å². The van der Waals surface area contributed by atoms with Crippen LogP contribution in [0.5, 0.6) is 5.75 Å². The Hall–Kier alpha value is -4.26. The molecule has 1 aliphatic heterocycles. The molecular weight excluding hydrogens is 423 g/mol. The van der Waals surface area contributed by atoms with Crippen LogP contribution in [0.2, 0.25) is 0 Å². The van der Waals surface area contributed by atoms with Gasteiger partial charge in [0.1, 0.15) is 17.1 Å². The summed E-state index contributed by atoms with van der Waals surface area (Å²) in [6.07, 6.45) is 1.64. The quantitative estimate of drug-likeness (QED) is 0.468. The highest BCUT2D eigenvalue weighted by Gasteiger charge is 2.36. The first-order valence-electron chi connectivity index (χ1n) is 10.3. The number of amides is 4. The van der Waals surface area contributed by atoms with Crippen LogP contribution in [0.1, 0.15) is 22.3 Å². The van der Waals surface area contributed by atoms with Crippen molar-refractivity contribution < 1.29 is 23.5 Å². The molecule has 3 aromatic rings. The smallest absolute Gasteiger partial charge is 0.335 e. The van der Waals surface area contributed by atoms with Crippen LogP contribution in [0.4, 0.5) is 14.9 Å². The lowest BCUT2D eigenvalue weighted by molar-refractivity contribution is -0.122. The first-order chi connectivity index (χ1) is 15.9. The van der Waals surface area contributed by atoms with Gasteiger partial charge in [-0.15, -0.1) is 0 Å². The third kappa shape index (κ3) is 4.52. The number of hydrogen-bond donors (Lipinski definition) is 1. The topological polar surface area (TPSA) is 75.7 Å². The van der Waals surface area contributed by atoms with Crippen LogP contribution in [0, 0.1) is 12.7 Å². The first-order valence-corrected chi connectivity index (χ1v) is 10.3. The largest absolute Gasteiger partial charge is 0.497 e. The standard InChI is InChI=1S/C26H21FN2O4/c1-16-7-10-20(11-8-16)29-25(31)22(24(30)28-26(29)32)15-17-9-12-21(33-2)14-19(17)13-18-5-3-4-6-23(18)27/h3-12,14-15H,13H2,1-2H3,(H,28,30,32)/b22-15+. The van der Waals surface area contributed by atoms with Crippen molar-refractivity contribution in [2.75, 3.05) is 12.0 Å². The van der Waals surface area contributed by atoms with Crippen LogP contribution in [0.15, 0.2) is 72.3 Å². The van der Waals surface area contributed by atoms with Crippen LogP contribution < -0.4 is 15.0 Å². The van der Waals surface area contributed by atoms with E-state index in [2.05, 4.69) is 5.32 Å². The molecule has 0 unspecified atom stereocenters. The number of anilines is 1. The molecule has 4 amide bonds. The van der Waals surface area contributed by atoms with Crippen LogP contribution in [-0.2, 0) is 16.0 Å². The molecule has 1 saturated heterocycles. The minimum atomic E-state index is -0.813. The second kappa shape index (κ2) is 9.08. The summed E-state index contributed by atoms with van der Waals surface area (Å²) in [7, 11) is 1.52. The van der Waals surface area contributed by atoms with E-state index in [0.717, 1.165) is 10.5 Å². The first kappa shape index (κ1) is 22.0. The number of carbonyl (C=O) groups is 3. The Labute approximate surface area is 190 Å². The number of halogens is 1. The third-order valence-corrected chi connectivity index (χ3v) is 5.38. The molecule has 1 aliphatic rings. The Morgan fingerprint density at radius 3 is 2.39 bits per heavy atom. The lowest BCUT2D eigenvalue weighted by atomic mass is 9.96. The van der Waals surface area contributed by atoms with Gasteiger partial charge in [0.05, 0.1) is 12.8 Å². The number of urea groups is 1. The average Bonchev–Trinajstić information content (AvgIpc) is 2.80. The van der Waals surface area contributed by atoms with Gasteiger partial charge in [-0.2, -0.15) is 0 Å². The fraction of sp³-hybridized carbons (Fsp3) is 0.115. The molecule has 0 saturated carbocycles. The number of imide groups is 2. The predicted octanol–water partition coefficient (Wildman–Crippen LogP) is 4.40. The Morgan fingerprint density at radius 2 is 1.70 bits per heavy atom. The van der Waals surface area contributed by atoms with E-state index in [1.54, 1.807) is 60.7 Å². The second-order valence-corrected chi connectivity index (χ2v) is 7.63. The van der Waals surface area contributed by atoms with Crippen molar-refractivity contribution in [3.63, 3.8) is 0 Å². The lowest BCUT2D eigenvalue weighted by Crippen LogP contribution is -2.54. The molecule has 0 aliphatic carbocycles. The summed E-state index contributed by atoms with van der Waals surface area (Å²) in [4.78, 5) is 39.1. The highest BCUT2D eigenvalue weighted by atomic mass is 19.1. The summed E-state index contributed by atoms with van der Waals surface area (Å²) in [6.45, 7) is 1.89. The maximum atomic E-state index is 14.3. The Morgan fingerprint density at radius 1 is 0.970 bits per heavy atom. The number of hydrogen-bond acceptors (Lipinski definition) is 4. The zero-order valence-electron chi connectivity index (χ0n) is 18.1. The molecule has 0 atom stereocenters. The number of ether oxygens (including phenoxy) is 1. The summed E-state index contributed by atoms with van der Waals surface area (Å²) in [5.41, 5.74) is 2.77. The maximum absolute atomic E-state index is 14.3. The van der Waals surface area contributed by atoms with Gasteiger partial charge in [-0.3, -0.25) is 14.9 Å². The molecule has 166 valence electrons. The number of methoxy groups -OCH3 is 1. The van der Waals surface area contributed by atoms with Crippen molar-refractivity contribution in [3.8, 4) is 5.75 Å². The van der Waals surface area contributed by atoms with E-state index in [4.69, 9.17) is 4.74 Å². The second-order valence-electron chi connectivity index (χ2n) is 7.63. The Kier molecular flexibility index (Phi) is 6.04. The molecule has 1 heterocycles. The number of nitrogens with one attached hydrogen (secondary N) is 1. The van der Waals surface area contributed by atoms with E-state index in [1.165, 1.54) is 19.3 Å². The van der Waals surface area contributed by atoms with Gasteiger partial charge in [0.25, 0.3) is 11.8 Å². The normalized spacial score (nSPS) is 15.1. The molecule has 0 aromatic heterocycles. The molecule has 1 fully saturated rings. The highest BCUT2D eigenvalue weighted by molar-refractivity contribution is 6.39. The van der Waals surface area contributed by atoms with Gasteiger partial charge in [-0.25, -0.2) is 14.1 Å². The average molecular weight is 444 g/mol. The summed E-state index contributed by atoms with van der Waals surface area (Å²) in [5, 5.41) is 2.22. The van der Waals surface area contributed by atoms with Crippen LogP contribution in [0.3, 0.4) is 0 Å².